The Bertz CT molecular complexity index is 217. The molecule has 0 aliphatic carbocycles. The van der Waals surface area contributed by atoms with Gasteiger partial charge in [-0.1, -0.05) is 25.3 Å². The molecule has 1 aromatic rings. The molecule has 0 saturated carbocycles. The Labute approximate surface area is 69.3 Å². The maximum absolute atomic E-state index is 4.21. The van der Waals surface area contributed by atoms with E-state index in [-0.39, 0.29) is 0 Å². The smallest absolute Gasteiger partial charge is 0.117 e. The van der Waals surface area contributed by atoms with E-state index in [1.54, 1.807) is 11.8 Å². The lowest BCUT2D eigenvalue weighted by molar-refractivity contribution is 1.06. The number of rotatable bonds is 3. The van der Waals surface area contributed by atoms with E-state index in [1.165, 1.54) is 17.1 Å². The van der Waals surface area contributed by atoms with Gasteiger partial charge in [-0.05, 0) is 28.9 Å². The zero-order chi connectivity index (χ0) is 7.40. The van der Waals surface area contributed by atoms with Gasteiger partial charge in [0.05, 0.1) is 0 Å². The topological polar surface area (TPSA) is 12.9 Å². The van der Waals surface area contributed by atoms with Gasteiger partial charge in [0, 0.05) is 5.38 Å². The highest BCUT2D eigenvalue weighted by Gasteiger charge is 2.00. The van der Waals surface area contributed by atoms with Crippen molar-refractivity contribution < 1.29 is 0 Å². The van der Waals surface area contributed by atoms with E-state index in [1.807, 2.05) is 5.41 Å². The van der Waals surface area contributed by atoms with Crippen LogP contribution in [0.15, 0.2) is 22.4 Å². The Balaban J connectivity index is 2.79. The molecule has 0 aliphatic heterocycles. The Hall–Kier alpha value is -0.280. The molecule has 0 amide bonds. The molecular weight excluding hydrogens is 162 g/mol. The van der Waals surface area contributed by atoms with Crippen molar-refractivity contribution in [3.8, 4) is 0 Å². The highest BCUT2D eigenvalue weighted by atomic mass is 32.2. The summed E-state index contributed by atoms with van der Waals surface area (Å²) < 4.78 is 4.21. The summed E-state index contributed by atoms with van der Waals surface area (Å²) in [6.07, 6.45) is 1.06. The molecule has 3 heteroatoms. The predicted octanol–water partition coefficient (Wildman–Crippen LogP) is 2.94. The molecule has 0 fully saturated rings. The molecule has 1 rings (SSSR count). The van der Waals surface area contributed by atoms with Gasteiger partial charge in [0.1, 0.15) is 5.03 Å². The molecule has 54 valence electrons. The molecule has 0 saturated heterocycles. The highest BCUT2D eigenvalue weighted by Crippen LogP contribution is 2.23. The van der Waals surface area contributed by atoms with Crippen LogP contribution in [0.1, 0.15) is 12.5 Å². The second-order valence-corrected chi connectivity index (χ2v) is 3.37. The summed E-state index contributed by atoms with van der Waals surface area (Å²) in [5.41, 5.74) is 1.33. The zero-order valence-corrected chi connectivity index (χ0v) is 7.47. The first-order valence-electron chi connectivity index (χ1n) is 3.09. The number of aryl methyl sites for hydroxylation is 1. The maximum atomic E-state index is 4.21. The van der Waals surface area contributed by atoms with Crippen molar-refractivity contribution in [3.63, 3.8) is 0 Å². The van der Waals surface area contributed by atoms with E-state index in [0.717, 1.165) is 11.4 Å². The lowest BCUT2D eigenvalue weighted by Crippen LogP contribution is -1.76. The van der Waals surface area contributed by atoms with Gasteiger partial charge in [-0.2, -0.15) is 4.37 Å². The van der Waals surface area contributed by atoms with Gasteiger partial charge in [0.15, 0.2) is 0 Å². The minimum absolute atomic E-state index is 1.06. The van der Waals surface area contributed by atoms with Gasteiger partial charge in [-0.15, -0.1) is 0 Å². The van der Waals surface area contributed by atoms with E-state index >= 15 is 0 Å². The first-order valence-corrected chi connectivity index (χ1v) is 4.81. The average Bonchev–Trinajstić information content (AvgIpc) is 2.36. The molecule has 0 radical (unpaired) electrons. The summed E-state index contributed by atoms with van der Waals surface area (Å²) in [5, 5.41) is 5.02. The molecule has 0 bridgehead atoms. The summed E-state index contributed by atoms with van der Waals surface area (Å²) in [4.78, 5) is 0. The van der Waals surface area contributed by atoms with Crippen LogP contribution in [-0.2, 0) is 6.42 Å². The van der Waals surface area contributed by atoms with Crippen molar-refractivity contribution in [1.82, 2.24) is 4.37 Å². The van der Waals surface area contributed by atoms with Crippen LogP contribution < -0.4 is 0 Å². The third-order valence-electron chi connectivity index (χ3n) is 1.18. The predicted molar refractivity (Wildman–Crippen MR) is 47.5 cm³/mol. The molecule has 0 aromatic carbocycles. The van der Waals surface area contributed by atoms with Crippen molar-refractivity contribution in [2.45, 2.75) is 18.4 Å². The van der Waals surface area contributed by atoms with Crippen molar-refractivity contribution in [3.05, 3.63) is 22.9 Å². The van der Waals surface area contributed by atoms with Crippen molar-refractivity contribution in [2.75, 3.05) is 0 Å². The van der Waals surface area contributed by atoms with E-state index < -0.39 is 0 Å². The summed E-state index contributed by atoms with van der Waals surface area (Å²) >= 11 is 3.11. The molecule has 10 heavy (non-hydrogen) atoms. The largest absolute Gasteiger partial charge is 0.186 e. The fraction of sp³-hybridized carbons (Fsp3) is 0.286. The Morgan fingerprint density at radius 3 is 3.30 bits per heavy atom. The van der Waals surface area contributed by atoms with Crippen molar-refractivity contribution in [2.24, 2.45) is 0 Å². The molecule has 0 atom stereocenters. The van der Waals surface area contributed by atoms with E-state index in [2.05, 4.69) is 23.3 Å². The second-order valence-electron chi connectivity index (χ2n) is 1.78. The van der Waals surface area contributed by atoms with Gasteiger partial charge in [-0.3, -0.25) is 0 Å². The fourth-order valence-electron chi connectivity index (χ4n) is 0.658. The van der Waals surface area contributed by atoms with Crippen molar-refractivity contribution >= 4 is 23.3 Å². The number of hydrogen-bond acceptors (Lipinski definition) is 3. The quantitative estimate of drug-likeness (QED) is 0.648. The Morgan fingerprint density at radius 2 is 2.70 bits per heavy atom. The summed E-state index contributed by atoms with van der Waals surface area (Å²) in [7, 11) is 0. The SMILES string of the molecule is C=CSc1nscc1CC. The molecule has 1 nitrogen and oxygen atoms in total. The molecule has 0 N–H and O–H groups in total. The first-order chi connectivity index (χ1) is 4.88. The first kappa shape index (κ1) is 7.82. The summed E-state index contributed by atoms with van der Waals surface area (Å²) in [6, 6.07) is 0. The van der Waals surface area contributed by atoms with Crippen LogP contribution in [0, 0.1) is 0 Å². The van der Waals surface area contributed by atoms with Crippen LogP contribution in [0.5, 0.6) is 0 Å². The van der Waals surface area contributed by atoms with Gasteiger partial charge in [0.25, 0.3) is 0 Å². The minimum atomic E-state index is 1.06. The molecule has 0 aliphatic rings. The standard InChI is InChI=1S/C7H9NS2/c1-3-6-5-10-8-7(6)9-4-2/h4-5H,2-3H2,1H3. The minimum Gasteiger partial charge on any atom is -0.186 e. The number of hydrogen-bond donors (Lipinski definition) is 0. The highest BCUT2D eigenvalue weighted by molar-refractivity contribution is 8.02. The van der Waals surface area contributed by atoms with Crippen LogP contribution >= 0.6 is 23.3 Å². The summed E-state index contributed by atoms with van der Waals surface area (Å²) in [5.74, 6) is 0. The van der Waals surface area contributed by atoms with E-state index in [0.29, 0.717) is 0 Å². The van der Waals surface area contributed by atoms with Crippen LogP contribution in [-0.4, -0.2) is 4.37 Å². The average molecular weight is 171 g/mol. The monoisotopic (exact) mass is 171 g/mol. The van der Waals surface area contributed by atoms with Crippen LogP contribution in [0.4, 0.5) is 0 Å². The normalized spacial score (nSPS) is 9.70. The fourth-order valence-corrected chi connectivity index (χ4v) is 2.22. The van der Waals surface area contributed by atoms with Gasteiger partial charge < -0.3 is 0 Å². The Morgan fingerprint density at radius 1 is 1.90 bits per heavy atom. The van der Waals surface area contributed by atoms with Gasteiger partial charge in [0.2, 0.25) is 0 Å². The van der Waals surface area contributed by atoms with Crippen LogP contribution in [0.25, 0.3) is 0 Å². The zero-order valence-electron chi connectivity index (χ0n) is 5.83. The number of nitrogens with zero attached hydrogens (tertiary/aromatic N) is 1. The molecule has 1 heterocycles. The van der Waals surface area contributed by atoms with Crippen LogP contribution in [0.3, 0.4) is 0 Å². The molecule has 1 aromatic heterocycles. The second kappa shape index (κ2) is 3.78. The third kappa shape index (κ3) is 1.61. The maximum Gasteiger partial charge on any atom is 0.117 e. The van der Waals surface area contributed by atoms with Gasteiger partial charge in [-0.25, -0.2) is 0 Å². The van der Waals surface area contributed by atoms with E-state index in [4.69, 9.17) is 0 Å². The molecule has 0 unspecified atom stereocenters. The number of aromatic nitrogens is 1. The lowest BCUT2D eigenvalue weighted by Gasteiger charge is -1.91. The Kier molecular flexibility index (Phi) is 2.96. The van der Waals surface area contributed by atoms with Crippen LogP contribution in [0.2, 0.25) is 0 Å². The third-order valence-corrected chi connectivity index (χ3v) is 2.72. The van der Waals surface area contributed by atoms with Gasteiger partial charge >= 0.3 is 0 Å². The van der Waals surface area contributed by atoms with Crippen molar-refractivity contribution in [1.29, 1.82) is 0 Å². The lowest BCUT2D eigenvalue weighted by atomic mass is 10.3. The van der Waals surface area contributed by atoms with E-state index in [9.17, 15) is 0 Å². The molecular formula is C7H9NS2. The molecule has 0 spiro atoms. The summed E-state index contributed by atoms with van der Waals surface area (Å²) in [6.45, 7) is 5.77. The number of thioether (sulfide) groups is 1.